The molecule has 0 atom stereocenters. The Labute approximate surface area is 454 Å². The fourth-order valence-corrected chi connectivity index (χ4v) is 12.5. The summed E-state index contributed by atoms with van der Waals surface area (Å²) >= 11 is 0. The summed E-state index contributed by atoms with van der Waals surface area (Å²) in [6, 6.07) is 79.4. The lowest BCUT2D eigenvalue weighted by Crippen LogP contribution is -2.29. The number of aromatic nitrogens is 6. The van der Waals surface area contributed by atoms with Crippen LogP contribution in [0.15, 0.2) is 231 Å². The van der Waals surface area contributed by atoms with Crippen molar-refractivity contribution in [2.45, 2.75) is 26.2 Å². The average Bonchev–Trinajstić information content (AvgIpc) is 3.94. The normalized spacial score (nSPS) is 12.2. The summed E-state index contributed by atoms with van der Waals surface area (Å²) < 4.78 is 18.2. The number of para-hydroxylation sites is 7. The molecule has 0 aliphatic heterocycles. The Morgan fingerprint density at radius 2 is 1.14 bits per heavy atom. The number of imidazole rings is 1. The quantitative estimate of drug-likeness (QED) is 0.118. The molecule has 0 spiro atoms. The third kappa shape index (κ3) is 6.73. The number of rotatable bonds is 7. The van der Waals surface area contributed by atoms with Crippen LogP contribution in [0.5, 0.6) is 11.5 Å². The van der Waals surface area contributed by atoms with Gasteiger partial charge in [-0.2, -0.15) is 0 Å². The zero-order chi connectivity index (χ0) is 52.7. The summed E-state index contributed by atoms with van der Waals surface area (Å²) in [5.41, 5.74) is 16.6. The van der Waals surface area contributed by atoms with Gasteiger partial charge in [0.05, 0.1) is 67.6 Å². The predicted molar refractivity (Wildman–Crippen MR) is 322 cm³/mol. The van der Waals surface area contributed by atoms with Gasteiger partial charge in [-0.25, -0.2) is 9.83 Å². The Balaban J connectivity index is 0.842. The number of benzene rings is 10. The van der Waals surface area contributed by atoms with E-state index in [1.807, 2.05) is 41.1 Å². The summed E-state index contributed by atoms with van der Waals surface area (Å²) in [6.45, 7) is 15.0. The van der Waals surface area contributed by atoms with Crippen molar-refractivity contribution in [3.63, 3.8) is 0 Å². The Kier molecular flexibility index (Phi) is 9.50. The highest BCUT2D eigenvalue weighted by molar-refractivity contribution is 6.24. The van der Waals surface area contributed by atoms with Gasteiger partial charge < -0.3 is 13.7 Å². The molecular formula is C71H47N7O. The van der Waals surface area contributed by atoms with Crippen molar-refractivity contribution >= 4 is 98.4 Å². The topological polar surface area (TPSA) is 49.6 Å². The second-order valence-electron chi connectivity index (χ2n) is 21.7. The van der Waals surface area contributed by atoms with Crippen molar-refractivity contribution in [1.82, 2.24) is 23.1 Å². The number of nitrogens with zero attached hydrogens (tertiary/aromatic N) is 7. The van der Waals surface area contributed by atoms with Gasteiger partial charge in [0, 0.05) is 66.6 Å². The number of pyridine rings is 1. The van der Waals surface area contributed by atoms with E-state index in [2.05, 4.69) is 244 Å². The first-order valence-corrected chi connectivity index (χ1v) is 26.7. The van der Waals surface area contributed by atoms with Crippen LogP contribution in [0.25, 0.3) is 132 Å². The maximum absolute atomic E-state index is 8.31. The first-order chi connectivity index (χ1) is 38.8. The molecule has 0 fully saturated rings. The van der Waals surface area contributed by atoms with E-state index >= 15 is 0 Å². The molecule has 0 N–H and O–H groups in total. The lowest BCUT2D eigenvalue weighted by molar-refractivity contribution is -0.572. The average molecular weight is 1010 g/mol. The van der Waals surface area contributed by atoms with Crippen LogP contribution in [-0.2, 0) is 5.41 Å². The minimum atomic E-state index is -0.0980. The lowest BCUT2D eigenvalue weighted by Gasteiger charge is -2.20. The minimum Gasteiger partial charge on any atom is -0.459 e. The van der Waals surface area contributed by atoms with Crippen LogP contribution in [0.3, 0.4) is 0 Å². The van der Waals surface area contributed by atoms with Crippen molar-refractivity contribution < 1.29 is 9.30 Å². The highest BCUT2D eigenvalue weighted by Crippen LogP contribution is 2.44. The van der Waals surface area contributed by atoms with E-state index in [-0.39, 0.29) is 5.41 Å². The van der Waals surface area contributed by atoms with Crippen molar-refractivity contribution in [2.24, 2.45) is 0 Å². The molecule has 6 aromatic heterocycles. The summed E-state index contributed by atoms with van der Waals surface area (Å²) in [7, 11) is 0. The van der Waals surface area contributed by atoms with E-state index in [0.717, 1.165) is 66.8 Å². The molecule has 16 rings (SSSR count). The van der Waals surface area contributed by atoms with Crippen LogP contribution in [0, 0.1) is 12.9 Å². The molecule has 0 aliphatic rings. The molecule has 10 aromatic carbocycles. The fourth-order valence-electron chi connectivity index (χ4n) is 12.5. The molecule has 0 amide bonds. The van der Waals surface area contributed by atoms with E-state index in [9.17, 15) is 0 Å². The largest absolute Gasteiger partial charge is 0.459 e. The van der Waals surface area contributed by atoms with E-state index < -0.39 is 0 Å². The molecule has 79 heavy (non-hydrogen) atoms. The van der Waals surface area contributed by atoms with Crippen molar-refractivity contribution in [1.29, 1.82) is 0 Å². The van der Waals surface area contributed by atoms with E-state index in [1.165, 1.54) is 65.5 Å². The Morgan fingerprint density at radius 1 is 0.481 bits per heavy atom. The Bertz CT molecular complexity index is 5150. The van der Waals surface area contributed by atoms with Crippen LogP contribution in [0.4, 0.5) is 5.69 Å². The molecular weight excluding hydrogens is 967 g/mol. The third-order valence-electron chi connectivity index (χ3n) is 16.1. The third-order valence-corrected chi connectivity index (χ3v) is 16.1. The number of hydrogen-bond donors (Lipinski definition) is 0. The highest BCUT2D eigenvalue weighted by atomic mass is 16.5. The fraction of sp³-hybridized carbons (Fsp3) is 0.0563. The van der Waals surface area contributed by atoms with Gasteiger partial charge in [-0.15, -0.1) is 0 Å². The maximum atomic E-state index is 8.31. The molecule has 0 saturated carbocycles. The van der Waals surface area contributed by atoms with Crippen molar-refractivity contribution in [3.05, 3.63) is 254 Å². The van der Waals surface area contributed by atoms with E-state index in [0.29, 0.717) is 17.2 Å². The first-order valence-electron chi connectivity index (χ1n) is 26.7. The van der Waals surface area contributed by atoms with Crippen LogP contribution in [0.2, 0.25) is 0 Å². The first kappa shape index (κ1) is 44.8. The van der Waals surface area contributed by atoms with Gasteiger partial charge in [0.1, 0.15) is 17.3 Å². The van der Waals surface area contributed by atoms with Crippen LogP contribution in [-0.4, -0.2) is 23.1 Å². The van der Waals surface area contributed by atoms with Gasteiger partial charge in [0.15, 0.2) is 5.69 Å². The lowest BCUT2D eigenvalue weighted by atomic mass is 9.88. The Hall–Kier alpha value is -10.5. The zero-order valence-electron chi connectivity index (χ0n) is 43.5. The van der Waals surface area contributed by atoms with Crippen LogP contribution in [0.1, 0.15) is 26.3 Å². The molecule has 0 bridgehead atoms. The van der Waals surface area contributed by atoms with Gasteiger partial charge in [-0.3, -0.25) is 13.7 Å². The number of hydrogen-bond acceptors (Lipinski definition) is 2. The molecule has 0 aliphatic carbocycles. The summed E-state index contributed by atoms with van der Waals surface area (Å²) in [4.78, 5) is 9.02. The number of fused-ring (bicyclic) bond motifs is 13. The second kappa shape index (κ2) is 16.8. The highest BCUT2D eigenvalue weighted by Gasteiger charge is 2.24. The minimum absolute atomic E-state index is 0.0980. The van der Waals surface area contributed by atoms with Gasteiger partial charge in [0.25, 0.3) is 6.33 Å². The Morgan fingerprint density at radius 3 is 1.89 bits per heavy atom. The summed E-state index contributed by atoms with van der Waals surface area (Å²) in [6.07, 6.45) is 5.66. The summed E-state index contributed by atoms with van der Waals surface area (Å²) in [5, 5.41) is 9.40. The van der Waals surface area contributed by atoms with Crippen LogP contribution < -0.4 is 9.30 Å². The number of ether oxygens (including phenoxy) is 1. The van der Waals surface area contributed by atoms with Gasteiger partial charge >= 0.3 is 0 Å². The molecule has 6 heterocycles. The second-order valence-corrected chi connectivity index (χ2v) is 21.7. The summed E-state index contributed by atoms with van der Waals surface area (Å²) in [5.74, 6) is 2.00. The standard InChI is InChI=1S/C71H47N7O/c1-71(2,3)45-33-34-73-68(36-45)77-64-32-29-44(52-22-16-23-57-53-19-8-11-24-61(53)76(69(52)57)47-17-6-5-7-18-47)35-58(64)56-31-30-50(42-67(56)77)79-51-38-46(72-4)37-48(39-51)74-43-75(66-28-15-14-27-65(66)74)49-40-59-54-20-9-12-25-62(54)78-63-26-13-10-21-55(63)60(41-49)70(59)78/h5-42H,1-3H3. The van der Waals surface area contributed by atoms with Crippen LogP contribution >= 0.6 is 0 Å². The van der Waals surface area contributed by atoms with E-state index in [1.54, 1.807) is 0 Å². The van der Waals surface area contributed by atoms with Gasteiger partial charge in [0.2, 0.25) is 0 Å². The SMILES string of the molecule is [C-]#[N+]c1cc(Oc2ccc3c4cc(-c5cccc6c7ccccc7n(-c7ccccc7)c56)ccc4n(-c4cc(C(C)(C)C)ccn4)c3c2)cc(-n2[c-][n+](-c3cc4c5ccccc5n5c6ccccc6c(c3)c45)c3ccccc32)c1. The molecule has 0 radical (unpaired) electrons. The molecule has 0 saturated heterocycles. The monoisotopic (exact) mass is 1010 g/mol. The molecule has 8 nitrogen and oxygen atoms in total. The zero-order valence-corrected chi connectivity index (χ0v) is 43.5. The van der Waals surface area contributed by atoms with E-state index in [4.69, 9.17) is 16.3 Å². The van der Waals surface area contributed by atoms with Crippen molar-refractivity contribution in [2.75, 3.05) is 0 Å². The molecule has 16 aromatic rings. The van der Waals surface area contributed by atoms with Gasteiger partial charge in [-0.05, 0) is 114 Å². The molecule has 372 valence electrons. The van der Waals surface area contributed by atoms with Crippen molar-refractivity contribution in [3.8, 4) is 45.5 Å². The smallest absolute Gasteiger partial charge is 0.269 e. The maximum Gasteiger partial charge on any atom is 0.269 e. The molecule has 0 unspecified atom stereocenters. The molecule has 8 heteroatoms. The predicted octanol–water partition coefficient (Wildman–Crippen LogP) is 17.8. The van der Waals surface area contributed by atoms with Gasteiger partial charge in [-0.1, -0.05) is 142 Å².